The van der Waals surface area contributed by atoms with Crippen molar-refractivity contribution >= 4 is 21.6 Å². The fourth-order valence-electron chi connectivity index (χ4n) is 1.59. The molecule has 0 aliphatic heterocycles. The Morgan fingerprint density at radius 2 is 1.88 bits per heavy atom. The van der Waals surface area contributed by atoms with Crippen molar-refractivity contribution in [1.29, 1.82) is 0 Å². The van der Waals surface area contributed by atoms with Crippen LogP contribution in [0.1, 0.15) is 37.4 Å². The Morgan fingerprint density at radius 3 is 2.41 bits per heavy atom. The van der Waals surface area contributed by atoms with Gasteiger partial charge in [-0.15, -0.1) is 0 Å². The number of unbranched alkanes of at least 4 members (excludes halogenated alkanes) is 2. The van der Waals surface area contributed by atoms with E-state index in [-0.39, 0.29) is 5.69 Å². The van der Waals surface area contributed by atoms with Crippen molar-refractivity contribution in [3.8, 4) is 0 Å². The smallest absolute Gasteiger partial charge is 0.269 e. The lowest BCUT2D eigenvalue weighted by molar-refractivity contribution is -0.384. The minimum absolute atomic E-state index is 0.0558. The van der Waals surface area contributed by atoms with Gasteiger partial charge in [0.1, 0.15) is 0 Å². The van der Waals surface area contributed by atoms with Gasteiger partial charge in [0.25, 0.3) is 5.69 Å². The first kappa shape index (κ1) is 14.1. The molecule has 1 rings (SSSR count). The van der Waals surface area contributed by atoms with Crippen LogP contribution in [0.25, 0.3) is 0 Å². The summed E-state index contributed by atoms with van der Waals surface area (Å²) < 4.78 is 0. The average molecular weight is 302 g/mol. The second-order valence-corrected chi connectivity index (χ2v) is 4.70. The van der Waals surface area contributed by atoms with Gasteiger partial charge in [0.15, 0.2) is 0 Å². The molecule has 0 fully saturated rings. The molecule has 94 valence electrons. The summed E-state index contributed by atoms with van der Waals surface area (Å²) >= 11 is 3.36. The van der Waals surface area contributed by atoms with E-state index in [0.717, 1.165) is 30.2 Å². The number of hydrogen-bond acceptors (Lipinski definition) is 3. The Kier molecular flexibility index (Phi) is 6.15. The second kappa shape index (κ2) is 7.40. The molecule has 0 aromatic heterocycles. The van der Waals surface area contributed by atoms with Crippen LogP contribution in [0.3, 0.4) is 0 Å². The highest BCUT2D eigenvalue weighted by atomic mass is 79.9. The molecule has 0 saturated carbocycles. The first-order chi connectivity index (χ1) is 8.15. The third-order valence-electron chi connectivity index (χ3n) is 2.60. The number of nitro benzene ring substituents is 1. The first-order valence-electron chi connectivity index (χ1n) is 5.63. The van der Waals surface area contributed by atoms with Gasteiger partial charge in [-0.1, -0.05) is 28.8 Å². The Balaban J connectivity index is 2.46. The zero-order valence-corrected chi connectivity index (χ0v) is 11.1. The van der Waals surface area contributed by atoms with Crippen LogP contribution >= 0.6 is 15.9 Å². The van der Waals surface area contributed by atoms with Gasteiger partial charge in [-0.2, -0.15) is 0 Å². The van der Waals surface area contributed by atoms with Crippen LogP contribution in [0.5, 0.6) is 0 Å². The van der Waals surface area contributed by atoms with Gasteiger partial charge in [0.2, 0.25) is 0 Å². The van der Waals surface area contributed by atoms with E-state index in [0.29, 0.717) is 6.42 Å². The molecular formula is C12H16BrNO3. The van der Waals surface area contributed by atoms with Crippen molar-refractivity contribution in [3.63, 3.8) is 0 Å². The monoisotopic (exact) mass is 301 g/mol. The SMILES string of the molecule is O=[N+]([O-])c1ccc(C(O)CCCCCBr)cc1. The van der Waals surface area contributed by atoms with E-state index < -0.39 is 11.0 Å². The molecule has 0 aliphatic rings. The van der Waals surface area contributed by atoms with Crippen LogP contribution in [-0.4, -0.2) is 15.4 Å². The van der Waals surface area contributed by atoms with Crippen LogP contribution in [0.4, 0.5) is 5.69 Å². The predicted molar refractivity (Wildman–Crippen MR) is 70.3 cm³/mol. The maximum atomic E-state index is 10.5. The van der Waals surface area contributed by atoms with E-state index in [9.17, 15) is 15.2 Å². The molecule has 1 N–H and O–H groups in total. The van der Waals surface area contributed by atoms with Crippen molar-refractivity contribution in [2.75, 3.05) is 5.33 Å². The third-order valence-corrected chi connectivity index (χ3v) is 3.16. The van der Waals surface area contributed by atoms with E-state index in [1.54, 1.807) is 12.1 Å². The summed E-state index contributed by atoms with van der Waals surface area (Å²) in [6.45, 7) is 0. The Hall–Kier alpha value is -0.940. The number of benzene rings is 1. The molecular weight excluding hydrogens is 286 g/mol. The van der Waals surface area contributed by atoms with Crippen molar-refractivity contribution in [2.24, 2.45) is 0 Å². The predicted octanol–water partition coefficient (Wildman–Crippen LogP) is 3.58. The van der Waals surface area contributed by atoms with Crippen LogP contribution in [0.15, 0.2) is 24.3 Å². The van der Waals surface area contributed by atoms with Crippen molar-refractivity contribution in [1.82, 2.24) is 0 Å². The van der Waals surface area contributed by atoms with Gasteiger partial charge < -0.3 is 5.11 Å². The van der Waals surface area contributed by atoms with E-state index in [4.69, 9.17) is 0 Å². The highest BCUT2D eigenvalue weighted by molar-refractivity contribution is 9.09. The number of non-ortho nitro benzene ring substituents is 1. The zero-order chi connectivity index (χ0) is 12.7. The van der Waals surface area contributed by atoms with Crippen molar-refractivity contribution in [2.45, 2.75) is 31.8 Å². The Morgan fingerprint density at radius 1 is 1.24 bits per heavy atom. The number of rotatable bonds is 7. The second-order valence-electron chi connectivity index (χ2n) is 3.90. The van der Waals surface area contributed by atoms with Gasteiger partial charge in [-0.05, 0) is 30.5 Å². The number of nitro groups is 1. The third kappa shape index (κ3) is 4.83. The van der Waals surface area contributed by atoms with Gasteiger partial charge in [0, 0.05) is 17.5 Å². The first-order valence-corrected chi connectivity index (χ1v) is 6.75. The summed E-state index contributed by atoms with van der Waals surface area (Å²) in [5, 5.41) is 21.3. The number of nitrogens with zero attached hydrogens (tertiary/aromatic N) is 1. The van der Waals surface area contributed by atoms with E-state index in [2.05, 4.69) is 15.9 Å². The van der Waals surface area contributed by atoms with E-state index in [1.807, 2.05) is 0 Å². The summed E-state index contributed by atoms with van der Waals surface area (Å²) in [6, 6.07) is 6.09. The number of aliphatic hydroxyl groups is 1. The molecule has 1 aromatic rings. The zero-order valence-electron chi connectivity index (χ0n) is 9.51. The highest BCUT2D eigenvalue weighted by Crippen LogP contribution is 2.22. The minimum atomic E-state index is -0.522. The molecule has 1 atom stereocenters. The highest BCUT2D eigenvalue weighted by Gasteiger charge is 2.09. The van der Waals surface area contributed by atoms with Crippen molar-refractivity contribution < 1.29 is 10.0 Å². The van der Waals surface area contributed by atoms with Gasteiger partial charge in [-0.25, -0.2) is 0 Å². The summed E-state index contributed by atoms with van der Waals surface area (Å²) in [4.78, 5) is 10.0. The maximum absolute atomic E-state index is 10.5. The molecule has 1 aromatic carbocycles. The number of halogens is 1. The summed E-state index contributed by atoms with van der Waals surface area (Å²) in [7, 11) is 0. The molecule has 0 radical (unpaired) electrons. The average Bonchev–Trinajstić information content (AvgIpc) is 2.34. The number of alkyl halides is 1. The van der Waals surface area contributed by atoms with Gasteiger partial charge in [-0.3, -0.25) is 10.1 Å². The summed E-state index contributed by atoms with van der Waals surface area (Å²) in [5.41, 5.74) is 0.801. The van der Waals surface area contributed by atoms with Crippen LogP contribution in [-0.2, 0) is 0 Å². The molecule has 0 spiro atoms. The lowest BCUT2D eigenvalue weighted by atomic mass is 10.0. The number of hydrogen-bond donors (Lipinski definition) is 1. The van der Waals surface area contributed by atoms with Gasteiger partial charge in [0.05, 0.1) is 11.0 Å². The summed E-state index contributed by atoms with van der Waals surface area (Å²) in [6.07, 6.45) is 3.32. The van der Waals surface area contributed by atoms with Crippen LogP contribution in [0, 0.1) is 10.1 Å². The standard InChI is InChI=1S/C12H16BrNO3/c13-9-3-1-2-4-12(15)10-5-7-11(8-6-10)14(16)17/h5-8,12,15H,1-4,9H2. The molecule has 4 nitrogen and oxygen atoms in total. The van der Waals surface area contributed by atoms with E-state index >= 15 is 0 Å². The molecule has 0 aliphatic carbocycles. The lowest BCUT2D eigenvalue weighted by Gasteiger charge is -2.10. The number of aliphatic hydroxyl groups excluding tert-OH is 1. The molecule has 0 heterocycles. The molecule has 17 heavy (non-hydrogen) atoms. The van der Waals surface area contributed by atoms with E-state index in [1.165, 1.54) is 12.1 Å². The lowest BCUT2D eigenvalue weighted by Crippen LogP contribution is -1.98. The molecule has 5 heteroatoms. The quantitative estimate of drug-likeness (QED) is 0.362. The topological polar surface area (TPSA) is 63.4 Å². The summed E-state index contributed by atoms with van der Waals surface area (Å²) in [5.74, 6) is 0. The van der Waals surface area contributed by atoms with Gasteiger partial charge >= 0.3 is 0 Å². The minimum Gasteiger partial charge on any atom is -0.388 e. The van der Waals surface area contributed by atoms with Crippen LogP contribution < -0.4 is 0 Å². The Bertz CT molecular complexity index is 353. The molecule has 1 unspecified atom stereocenters. The maximum Gasteiger partial charge on any atom is 0.269 e. The fourth-order valence-corrected chi connectivity index (χ4v) is 1.99. The largest absolute Gasteiger partial charge is 0.388 e. The Labute approximate surface area is 109 Å². The molecule has 0 bridgehead atoms. The fraction of sp³-hybridized carbons (Fsp3) is 0.500. The molecule has 0 saturated heterocycles. The molecule has 0 amide bonds. The van der Waals surface area contributed by atoms with Crippen LogP contribution in [0.2, 0.25) is 0 Å². The van der Waals surface area contributed by atoms with Crippen molar-refractivity contribution in [3.05, 3.63) is 39.9 Å². The normalized spacial score (nSPS) is 12.4.